The standard InChI is InChI=1S/C15H11Cl2N3O2S2/c16-11-2-1-9(5-12(11)17)18-13(21)8-23-7-10-6-14(22)20-3-4-24-15(20)19-10/h1-6H,7-8H2,(H,18,21). The second-order valence-electron chi connectivity index (χ2n) is 4.81. The maximum absolute atomic E-state index is 11.9. The molecular weight excluding hydrogens is 389 g/mol. The third-order valence-electron chi connectivity index (χ3n) is 3.04. The number of hydrogen-bond acceptors (Lipinski definition) is 5. The number of benzene rings is 1. The molecule has 0 fully saturated rings. The molecule has 0 aliphatic carbocycles. The van der Waals surface area contributed by atoms with E-state index in [0.29, 0.717) is 32.1 Å². The van der Waals surface area contributed by atoms with Crippen molar-refractivity contribution in [3.63, 3.8) is 0 Å². The topological polar surface area (TPSA) is 63.5 Å². The highest BCUT2D eigenvalue weighted by atomic mass is 35.5. The minimum absolute atomic E-state index is 0.114. The van der Waals surface area contributed by atoms with Gasteiger partial charge in [0, 0.05) is 29.1 Å². The summed E-state index contributed by atoms with van der Waals surface area (Å²) >= 11 is 14.5. The van der Waals surface area contributed by atoms with Crippen molar-refractivity contribution >= 4 is 62.9 Å². The van der Waals surface area contributed by atoms with Gasteiger partial charge in [-0.3, -0.25) is 14.0 Å². The summed E-state index contributed by atoms with van der Waals surface area (Å²) in [5, 5.41) is 5.38. The molecule has 3 aromatic rings. The quantitative estimate of drug-likeness (QED) is 0.705. The Morgan fingerprint density at radius 3 is 2.92 bits per heavy atom. The predicted octanol–water partition coefficient (Wildman–Crippen LogP) is 3.93. The lowest BCUT2D eigenvalue weighted by atomic mass is 10.3. The smallest absolute Gasteiger partial charge is 0.258 e. The number of nitrogens with one attached hydrogen (secondary N) is 1. The molecule has 1 aromatic carbocycles. The van der Waals surface area contributed by atoms with Gasteiger partial charge in [0.2, 0.25) is 5.91 Å². The number of aromatic nitrogens is 2. The monoisotopic (exact) mass is 399 g/mol. The van der Waals surface area contributed by atoms with Crippen molar-refractivity contribution in [2.45, 2.75) is 5.75 Å². The molecule has 0 saturated carbocycles. The van der Waals surface area contributed by atoms with E-state index in [1.54, 1.807) is 24.4 Å². The highest BCUT2D eigenvalue weighted by molar-refractivity contribution is 7.99. The average Bonchev–Trinajstić information content (AvgIpc) is 3.00. The van der Waals surface area contributed by atoms with Crippen LogP contribution in [-0.2, 0) is 10.5 Å². The first-order valence-electron chi connectivity index (χ1n) is 6.81. The lowest BCUT2D eigenvalue weighted by Gasteiger charge is -2.06. The van der Waals surface area contributed by atoms with Crippen LogP contribution in [0.3, 0.4) is 0 Å². The summed E-state index contributed by atoms with van der Waals surface area (Å²) in [6, 6.07) is 6.40. The molecule has 0 bridgehead atoms. The van der Waals surface area contributed by atoms with E-state index >= 15 is 0 Å². The van der Waals surface area contributed by atoms with Crippen molar-refractivity contribution < 1.29 is 4.79 Å². The van der Waals surface area contributed by atoms with Gasteiger partial charge in [-0.1, -0.05) is 23.2 Å². The Kier molecular flexibility index (Phi) is 5.45. The van der Waals surface area contributed by atoms with Crippen molar-refractivity contribution in [2.75, 3.05) is 11.1 Å². The van der Waals surface area contributed by atoms with E-state index in [0.717, 1.165) is 0 Å². The van der Waals surface area contributed by atoms with E-state index in [1.807, 2.05) is 5.38 Å². The minimum Gasteiger partial charge on any atom is -0.325 e. The van der Waals surface area contributed by atoms with Gasteiger partial charge in [0.1, 0.15) is 0 Å². The lowest BCUT2D eigenvalue weighted by molar-refractivity contribution is -0.113. The van der Waals surface area contributed by atoms with Crippen LogP contribution in [-0.4, -0.2) is 21.0 Å². The number of thioether (sulfide) groups is 1. The van der Waals surface area contributed by atoms with Crippen LogP contribution in [0, 0.1) is 0 Å². The maximum Gasteiger partial charge on any atom is 0.258 e. The summed E-state index contributed by atoms with van der Waals surface area (Å²) in [7, 11) is 0. The van der Waals surface area contributed by atoms with Gasteiger partial charge < -0.3 is 5.32 Å². The Morgan fingerprint density at radius 1 is 1.29 bits per heavy atom. The van der Waals surface area contributed by atoms with Gasteiger partial charge in [0.25, 0.3) is 5.56 Å². The number of carbonyl (C=O) groups is 1. The first kappa shape index (κ1) is 17.3. The van der Waals surface area contributed by atoms with Gasteiger partial charge in [0.15, 0.2) is 4.96 Å². The third-order valence-corrected chi connectivity index (χ3v) is 5.50. The third kappa shape index (κ3) is 4.10. The van der Waals surface area contributed by atoms with Crippen LogP contribution in [0.5, 0.6) is 0 Å². The number of rotatable bonds is 5. The Morgan fingerprint density at radius 2 is 2.12 bits per heavy atom. The molecule has 124 valence electrons. The van der Waals surface area contributed by atoms with Crippen LogP contribution in [0.4, 0.5) is 5.69 Å². The van der Waals surface area contributed by atoms with Crippen molar-refractivity contribution in [1.29, 1.82) is 0 Å². The number of nitrogens with zero attached hydrogens (tertiary/aromatic N) is 2. The fourth-order valence-electron chi connectivity index (χ4n) is 1.98. The number of fused-ring (bicyclic) bond motifs is 1. The fourth-order valence-corrected chi connectivity index (χ4v) is 3.73. The van der Waals surface area contributed by atoms with Crippen molar-refractivity contribution in [2.24, 2.45) is 0 Å². The molecule has 2 heterocycles. The molecule has 1 N–H and O–H groups in total. The Hall–Kier alpha value is -1.54. The van der Waals surface area contributed by atoms with E-state index in [4.69, 9.17) is 23.2 Å². The highest BCUT2D eigenvalue weighted by Crippen LogP contribution is 2.25. The van der Waals surface area contributed by atoms with E-state index in [9.17, 15) is 9.59 Å². The number of thiazole rings is 1. The predicted molar refractivity (Wildman–Crippen MR) is 101 cm³/mol. The van der Waals surface area contributed by atoms with Crippen LogP contribution in [0.2, 0.25) is 10.0 Å². The van der Waals surface area contributed by atoms with Crippen LogP contribution in [0.15, 0.2) is 40.6 Å². The van der Waals surface area contributed by atoms with Crippen LogP contribution < -0.4 is 10.9 Å². The molecule has 0 spiro atoms. The highest BCUT2D eigenvalue weighted by Gasteiger charge is 2.07. The summed E-state index contributed by atoms with van der Waals surface area (Å²) in [6.07, 6.45) is 1.69. The van der Waals surface area contributed by atoms with Crippen LogP contribution in [0.25, 0.3) is 4.96 Å². The zero-order chi connectivity index (χ0) is 17.1. The number of hydrogen-bond donors (Lipinski definition) is 1. The van der Waals surface area contributed by atoms with Crippen molar-refractivity contribution in [3.8, 4) is 0 Å². The molecule has 0 atom stereocenters. The number of halogens is 2. The van der Waals surface area contributed by atoms with Gasteiger partial charge in [-0.05, 0) is 18.2 Å². The van der Waals surface area contributed by atoms with Gasteiger partial charge in [-0.15, -0.1) is 23.1 Å². The van der Waals surface area contributed by atoms with Gasteiger partial charge in [0.05, 0.1) is 21.5 Å². The molecular formula is C15H11Cl2N3O2S2. The van der Waals surface area contributed by atoms with Gasteiger partial charge >= 0.3 is 0 Å². The largest absolute Gasteiger partial charge is 0.325 e. The second kappa shape index (κ2) is 7.57. The Labute approximate surface area is 155 Å². The zero-order valence-corrected chi connectivity index (χ0v) is 15.3. The number of carbonyl (C=O) groups excluding carboxylic acids is 1. The summed E-state index contributed by atoms with van der Waals surface area (Å²) in [5.74, 6) is 0.566. The Balaban J connectivity index is 1.56. The number of anilines is 1. The summed E-state index contributed by atoms with van der Waals surface area (Å²) < 4.78 is 1.50. The molecule has 0 aliphatic heterocycles. The van der Waals surface area contributed by atoms with Crippen molar-refractivity contribution in [3.05, 3.63) is 61.9 Å². The van der Waals surface area contributed by atoms with Crippen LogP contribution in [0.1, 0.15) is 5.69 Å². The summed E-state index contributed by atoms with van der Waals surface area (Å²) in [5.41, 5.74) is 1.14. The van der Waals surface area contributed by atoms with E-state index in [1.165, 1.54) is 33.6 Å². The molecule has 0 radical (unpaired) electrons. The number of amides is 1. The molecule has 0 aliphatic rings. The normalized spacial score (nSPS) is 10.9. The second-order valence-corrected chi connectivity index (χ2v) is 7.48. The van der Waals surface area contributed by atoms with Crippen molar-refractivity contribution in [1.82, 2.24) is 9.38 Å². The maximum atomic E-state index is 11.9. The first-order chi connectivity index (χ1) is 11.5. The fraction of sp³-hybridized carbons (Fsp3) is 0.133. The van der Waals surface area contributed by atoms with E-state index in [-0.39, 0.29) is 17.2 Å². The Bertz CT molecular complexity index is 955. The molecule has 2 aromatic heterocycles. The van der Waals surface area contributed by atoms with Gasteiger partial charge in [-0.2, -0.15) is 0 Å². The minimum atomic E-state index is -0.160. The van der Waals surface area contributed by atoms with E-state index < -0.39 is 0 Å². The van der Waals surface area contributed by atoms with Crippen LogP contribution >= 0.6 is 46.3 Å². The average molecular weight is 400 g/mol. The molecule has 1 amide bonds. The van der Waals surface area contributed by atoms with Gasteiger partial charge in [-0.25, -0.2) is 4.98 Å². The summed E-state index contributed by atoms with van der Waals surface area (Å²) in [4.78, 5) is 28.9. The zero-order valence-electron chi connectivity index (χ0n) is 12.2. The molecule has 9 heteroatoms. The molecule has 0 saturated heterocycles. The summed E-state index contributed by atoms with van der Waals surface area (Å²) in [6.45, 7) is 0. The molecule has 0 unspecified atom stereocenters. The SMILES string of the molecule is O=C(CSCc1cc(=O)n2ccsc2n1)Nc1ccc(Cl)c(Cl)c1. The molecule has 3 rings (SSSR count). The molecule has 24 heavy (non-hydrogen) atoms. The molecule has 5 nitrogen and oxygen atoms in total. The van der Waals surface area contributed by atoms with E-state index in [2.05, 4.69) is 10.3 Å². The lowest BCUT2D eigenvalue weighted by Crippen LogP contribution is -2.15. The first-order valence-corrected chi connectivity index (χ1v) is 9.60.